The molecule has 0 spiro atoms. The molecule has 3 heteroatoms. The van der Waals surface area contributed by atoms with Crippen LogP contribution >= 0.6 is 0 Å². The van der Waals surface area contributed by atoms with Gasteiger partial charge in [-0.25, -0.2) is 0 Å². The van der Waals surface area contributed by atoms with Gasteiger partial charge in [0.1, 0.15) is 5.69 Å². The van der Waals surface area contributed by atoms with Crippen molar-refractivity contribution in [1.82, 2.24) is 9.78 Å². The molecular formula is C12H18N2O. The third kappa shape index (κ3) is 2.28. The molecule has 1 aliphatic carbocycles. The first-order chi connectivity index (χ1) is 7.08. The van der Waals surface area contributed by atoms with E-state index < -0.39 is 0 Å². The van der Waals surface area contributed by atoms with Crippen LogP contribution < -0.4 is 0 Å². The van der Waals surface area contributed by atoms with E-state index in [2.05, 4.69) is 18.9 Å². The van der Waals surface area contributed by atoms with Crippen molar-refractivity contribution in [2.24, 2.45) is 5.92 Å². The van der Waals surface area contributed by atoms with E-state index in [-0.39, 0.29) is 5.78 Å². The van der Waals surface area contributed by atoms with E-state index in [1.165, 1.54) is 12.8 Å². The number of aromatic nitrogens is 2. The normalized spacial score (nSPS) is 16.0. The van der Waals surface area contributed by atoms with Gasteiger partial charge in [-0.2, -0.15) is 5.10 Å². The van der Waals surface area contributed by atoms with Crippen molar-refractivity contribution in [3.8, 4) is 0 Å². The van der Waals surface area contributed by atoms with Gasteiger partial charge < -0.3 is 0 Å². The average molecular weight is 206 g/mol. The Balaban J connectivity index is 2.27. The van der Waals surface area contributed by atoms with Crippen LogP contribution in [0, 0.1) is 5.92 Å². The van der Waals surface area contributed by atoms with Gasteiger partial charge in [0.15, 0.2) is 5.78 Å². The molecule has 82 valence electrons. The Hall–Kier alpha value is -1.12. The zero-order valence-electron chi connectivity index (χ0n) is 9.66. The predicted molar refractivity (Wildman–Crippen MR) is 59.0 cm³/mol. The number of Topliss-reactive ketones (excluding diaryl/α,β-unsaturated/α-hetero) is 1. The van der Waals surface area contributed by atoms with Crippen molar-refractivity contribution in [2.75, 3.05) is 0 Å². The Kier molecular flexibility index (Phi) is 2.63. The van der Waals surface area contributed by atoms with Gasteiger partial charge in [-0.05, 0) is 30.7 Å². The Labute approximate surface area is 90.5 Å². The highest BCUT2D eigenvalue weighted by atomic mass is 16.1. The van der Waals surface area contributed by atoms with E-state index in [4.69, 9.17) is 0 Å². The second kappa shape index (κ2) is 3.80. The molecule has 0 radical (unpaired) electrons. The minimum absolute atomic E-state index is 0.120. The van der Waals surface area contributed by atoms with E-state index in [9.17, 15) is 4.79 Å². The van der Waals surface area contributed by atoms with E-state index in [1.54, 1.807) is 6.92 Å². The maximum atomic E-state index is 11.4. The minimum atomic E-state index is 0.120. The standard InChI is InChI=1S/C12H18N2O/c1-8(2)11-6-12(9(3)15)14(13-11)7-10-4-5-10/h6,8,10H,4-5,7H2,1-3H3. The fraction of sp³-hybridized carbons (Fsp3) is 0.667. The molecule has 0 aromatic carbocycles. The number of hydrogen-bond acceptors (Lipinski definition) is 2. The van der Waals surface area contributed by atoms with Crippen molar-refractivity contribution < 1.29 is 4.79 Å². The maximum Gasteiger partial charge on any atom is 0.177 e. The summed E-state index contributed by atoms with van der Waals surface area (Å²) in [5.74, 6) is 1.27. The van der Waals surface area contributed by atoms with Crippen LogP contribution in [-0.4, -0.2) is 15.6 Å². The van der Waals surface area contributed by atoms with E-state index in [0.29, 0.717) is 5.92 Å². The molecule has 15 heavy (non-hydrogen) atoms. The van der Waals surface area contributed by atoms with Gasteiger partial charge in [-0.1, -0.05) is 13.8 Å². The van der Waals surface area contributed by atoms with Gasteiger partial charge in [0.25, 0.3) is 0 Å². The van der Waals surface area contributed by atoms with Gasteiger partial charge >= 0.3 is 0 Å². The summed E-state index contributed by atoms with van der Waals surface area (Å²) < 4.78 is 1.90. The summed E-state index contributed by atoms with van der Waals surface area (Å²) >= 11 is 0. The number of carbonyl (C=O) groups excluding carboxylic acids is 1. The molecule has 0 aliphatic heterocycles. The lowest BCUT2D eigenvalue weighted by molar-refractivity contribution is 0.100. The third-order valence-electron chi connectivity index (χ3n) is 2.88. The van der Waals surface area contributed by atoms with Gasteiger partial charge in [0, 0.05) is 13.5 Å². The number of carbonyl (C=O) groups is 1. The lowest BCUT2D eigenvalue weighted by atomic mass is 10.1. The predicted octanol–water partition coefficient (Wildman–Crippen LogP) is 2.62. The molecule has 0 unspecified atom stereocenters. The summed E-state index contributed by atoms with van der Waals surface area (Å²) in [6.07, 6.45) is 2.57. The van der Waals surface area contributed by atoms with E-state index in [1.807, 2.05) is 10.7 Å². The number of nitrogens with zero attached hydrogens (tertiary/aromatic N) is 2. The Morgan fingerprint density at radius 2 is 2.27 bits per heavy atom. The molecule has 1 aliphatic rings. The Morgan fingerprint density at radius 1 is 1.60 bits per heavy atom. The van der Waals surface area contributed by atoms with Gasteiger partial charge in [-0.3, -0.25) is 9.48 Å². The van der Waals surface area contributed by atoms with Crippen LogP contribution in [0.25, 0.3) is 0 Å². The van der Waals surface area contributed by atoms with Crippen LogP contribution in [0.1, 0.15) is 55.7 Å². The smallest absolute Gasteiger partial charge is 0.177 e. The molecule has 1 aromatic rings. The monoisotopic (exact) mass is 206 g/mol. The first-order valence-electron chi connectivity index (χ1n) is 5.66. The lowest BCUT2D eigenvalue weighted by Gasteiger charge is -2.03. The third-order valence-corrected chi connectivity index (χ3v) is 2.88. The summed E-state index contributed by atoms with van der Waals surface area (Å²) in [6.45, 7) is 6.74. The van der Waals surface area contributed by atoms with Crippen LogP contribution in [0.2, 0.25) is 0 Å². The number of ketones is 1. The second-order valence-electron chi connectivity index (χ2n) is 4.79. The molecule has 1 saturated carbocycles. The largest absolute Gasteiger partial charge is 0.293 e. The van der Waals surface area contributed by atoms with Crippen LogP contribution in [0.5, 0.6) is 0 Å². The number of hydrogen-bond donors (Lipinski definition) is 0. The quantitative estimate of drug-likeness (QED) is 0.710. The number of rotatable bonds is 4. The lowest BCUT2D eigenvalue weighted by Crippen LogP contribution is -2.09. The first-order valence-corrected chi connectivity index (χ1v) is 5.66. The van der Waals surface area contributed by atoms with Crippen molar-refractivity contribution in [3.63, 3.8) is 0 Å². The summed E-state index contributed by atoms with van der Waals surface area (Å²) in [4.78, 5) is 11.4. The summed E-state index contributed by atoms with van der Waals surface area (Å²) in [7, 11) is 0. The topological polar surface area (TPSA) is 34.9 Å². The Bertz CT molecular complexity index is 375. The fourth-order valence-electron chi connectivity index (χ4n) is 1.69. The van der Waals surface area contributed by atoms with Crippen LogP contribution in [0.15, 0.2) is 6.07 Å². The highest BCUT2D eigenvalue weighted by Crippen LogP contribution is 2.31. The molecule has 1 fully saturated rings. The zero-order valence-corrected chi connectivity index (χ0v) is 9.66. The van der Waals surface area contributed by atoms with Crippen molar-refractivity contribution >= 4 is 5.78 Å². The van der Waals surface area contributed by atoms with Crippen LogP contribution in [0.3, 0.4) is 0 Å². The van der Waals surface area contributed by atoms with Crippen molar-refractivity contribution in [1.29, 1.82) is 0 Å². The average Bonchev–Trinajstić information content (AvgIpc) is 2.82. The molecule has 1 heterocycles. The van der Waals surface area contributed by atoms with E-state index in [0.717, 1.165) is 23.9 Å². The summed E-state index contributed by atoms with van der Waals surface area (Å²) in [5, 5.41) is 4.51. The molecule has 3 nitrogen and oxygen atoms in total. The molecule has 0 amide bonds. The van der Waals surface area contributed by atoms with Gasteiger partial charge in [0.05, 0.1) is 5.69 Å². The van der Waals surface area contributed by atoms with Crippen molar-refractivity contribution in [3.05, 3.63) is 17.5 Å². The highest BCUT2D eigenvalue weighted by Gasteiger charge is 2.24. The second-order valence-corrected chi connectivity index (χ2v) is 4.79. The van der Waals surface area contributed by atoms with Crippen molar-refractivity contribution in [2.45, 2.75) is 46.1 Å². The molecule has 0 N–H and O–H groups in total. The molecule has 1 aromatic heterocycles. The van der Waals surface area contributed by atoms with Gasteiger partial charge in [-0.15, -0.1) is 0 Å². The highest BCUT2D eigenvalue weighted by molar-refractivity contribution is 5.92. The summed E-state index contributed by atoms with van der Waals surface area (Å²) in [6, 6.07) is 1.94. The molecular weight excluding hydrogens is 188 g/mol. The van der Waals surface area contributed by atoms with Gasteiger partial charge in [0.2, 0.25) is 0 Å². The molecule has 0 bridgehead atoms. The van der Waals surface area contributed by atoms with Crippen LogP contribution in [0.4, 0.5) is 0 Å². The van der Waals surface area contributed by atoms with Crippen LogP contribution in [-0.2, 0) is 6.54 Å². The minimum Gasteiger partial charge on any atom is -0.293 e. The molecule has 2 rings (SSSR count). The Morgan fingerprint density at radius 3 is 2.73 bits per heavy atom. The SMILES string of the molecule is CC(=O)c1cc(C(C)C)nn1CC1CC1. The van der Waals surface area contributed by atoms with E-state index >= 15 is 0 Å². The maximum absolute atomic E-state index is 11.4. The molecule has 0 saturated heterocycles. The first kappa shape index (κ1) is 10.4. The summed E-state index contributed by atoms with van der Waals surface area (Å²) in [5.41, 5.74) is 1.80. The zero-order chi connectivity index (χ0) is 11.0. The molecule has 0 atom stereocenters. The fourth-order valence-corrected chi connectivity index (χ4v) is 1.69.